The Bertz CT molecular complexity index is 909. The third-order valence-corrected chi connectivity index (χ3v) is 4.99. The molecule has 126 valence electrons. The number of aromatic nitrogens is 6. The molecule has 24 heavy (non-hydrogen) atoms. The number of fused-ring (bicyclic) bond motifs is 2. The van der Waals surface area contributed by atoms with Gasteiger partial charge in [0.05, 0.1) is 12.3 Å². The molecule has 0 radical (unpaired) electrons. The van der Waals surface area contributed by atoms with Gasteiger partial charge in [0.25, 0.3) is 0 Å². The highest BCUT2D eigenvalue weighted by Crippen LogP contribution is 2.19. The quantitative estimate of drug-likeness (QED) is 0.669. The maximum absolute atomic E-state index is 12.4. The second kappa shape index (κ2) is 5.97. The molecule has 0 aliphatic carbocycles. The molecule has 0 aromatic carbocycles. The Balaban J connectivity index is 1.45. The summed E-state index contributed by atoms with van der Waals surface area (Å²) < 4.78 is 9.14. The molecule has 0 saturated heterocycles. The van der Waals surface area contributed by atoms with E-state index >= 15 is 0 Å². The van der Waals surface area contributed by atoms with Gasteiger partial charge < -0.3 is 9.30 Å². The first kappa shape index (κ1) is 15.3. The lowest BCUT2D eigenvalue weighted by molar-refractivity contribution is 0.0496. The highest BCUT2D eigenvalue weighted by Gasteiger charge is 2.21. The number of esters is 1. The predicted molar refractivity (Wildman–Crippen MR) is 87.3 cm³/mol. The third kappa shape index (κ3) is 2.58. The average Bonchev–Trinajstić information content (AvgIpc) is 3.19. The Kier molecular flexibility index (Phi) is 3.79. The third-order valence-electron chi connectivity index (χ3n) is 4.17. The van der Waals surface area contributed by atoms with E-state index in [9.17, 15) is 4.79 Å². The van der Waals surface area contributed by atoms with Crippen LogP contribution in [0.3, 0.4) is 0 Å². The van der Waals surface area contributed by atoms with Crippen LogP contribution in [-0.2, 0) is 24.1 Å². The van der Waals surface area contributed by atoms with E-state index in [-0.39, 0.29) is 6.61 Å². The van der Waals surface area contributed by atoms with Gasteiger partial charge in [-0.3, -0.25) is 0 Å². The molecule has 3 aromatic rings. The molecule has 8 nitrogen and oxygen atoms in total. The second-order valence-corrected chi connectivity index (χ2v) is 7.05. The summed E-state index contributed by atoms with van der Waals surface area (Å²) in [5.74, 6) is 1.52. The van der Waals surface area contributed by atoms with E-state index in [4.69, 9.17) is 4.74 Å². The van der Waals surface area contributed by atoms with Crippen molar-refractivity contribution in [3.8, 4) is 0 Å². The highest BCUT2D eigenvalue weighted by molar-refractivity contribution is 7.16. The van der Waals surface area contributed by atoms with Crippen LogP contribution >= 0.6 is 11.3 Å². The van der Waals surface area contributed by atoms with E-state index in [2.05, 4.69) is 24.8 Å². The van der Waals surface area contributed by atoms with Crippen molar-refractivity contribution in [2.75, 3.05) is 6.61 Å². The van der Waals surface area contributed by atoms with Crippen LogP contribution in [0.4, 0.5) is 0 Å². The van der Waals surface area contributed by atoms with Crippen molar-refractivity contribution in [1.82, 2.24) is 29.4 Å². The van der Waals surface area contributed by atoms with Crippen LogP contribution in [0.2, 0.25) is 0 Å². The van der Waals surface area contributed by atoms with Gasteiger partial charge in [0.1, 0.15) is 16.7 Å². The molecule has 0 unspecified atom stereocenters. The molecule has 4 rings (SSSR count). The van der Waals surface area contributed by atoms with Crippen molar-refractivity contribution in [2.24, 2.45) is 0 Å². The zero-order chi connectivity index (χ0) is 16.7. The van der Waals surface area contributed by atoms with Crippen LogP contribution in [0.15, 0.2) is 0 Å². The van der Waals surface area contributed by atoms with E-state index in [1.165, 1.54) is 11.3 Å². The van der Waals surface area contributed by atoms with Crippen molar-refractivity contribution in [1.29, 1.82) is 0 Å². The molecule has 4 heterocycles. The molecule has 0 spiro atoms. The minimum atomic E-state index is -0.399. The van der Waals surface area contributed by atoms with Crippen molar-refractivity contribution in [3.63, 3.8) is 0 Å². The molecule has 0 fully saturated rings. The summed E-state index contributed by atoms with van der Waals surface area (Å²) in [7, 11) is 0. The first-order valence-corrected chi connectivity index (χ1v) is 8.86. The van der Waals surface area contributed by atoms with E-state index in [0.29, 0.717) is 22.8 Å². The molecule has 1 aliphatic rings. The fourth-order valence-corrected chi connectivity index (χ4v) is 3.82. The normalized spacial score (nSPS) is 14.1. The maximum Gasteiger partial charge on any atom is 0.359 e. The minimum Gasteiger partial charge on any atom is -0.460 e. The molecule has 9 heteroatoms. The monoisotopic (exact) mass is 346 g/mol. The Morgan fingerprint density at radius 1 is 1.29 bits per heavy atom. The Labute approximate surface area is 142 Å². The summed E-state index contributed by atoms with van der Waals surface area (Å²) >= 11 is 1.45. The zero-order valence-electron chi connectivity index (χ0n) is 13.7. The number of imidazole rings is 1. The van der Waals surface area contributed by atoms with Gasteiger partial charge in [-0.15, -0.1) is 10.2 Å². The van der Waals surface area contributed by atoms with Gasteiger partial charge in [-0.1, -0.05) is 11.3 Å². The van der Waals surface area contributed by atoms with E-state index in [1.807, 2.05) is 6.92 Å². The molecule has 0 atom stereocenters. The summed E-state index contributed by atoms with van der Waals surface area (Å²) in [6, 6.07) is 0. The zero-order valence-corrected chi connectivity index (χ0v) is 14.5. The Hall–Kier alpha value is -2.29. The van der Waals surface area contributed by atoms with Gasteiger partial charge in [-0.05, 0) is 26.7 Å². The maximum atomic E-state index is 12.4. The first-order chi connectivity index (χ1) is 11.6. The van der Waals surface area contributed by atoms with Gasteiger partial charge in [0, 0.05) is 19.4 Å². The molecule has 0 N–H and O–H groups in total. The van der Waals surface area contributed by atoms with Crippen molar-refractivity contribution >= 4 is 22.3 Å². The largest absolute Gasteiger partial charge is 0.460 e. The van der Waals surface area contributed by atoms with Gasteiger partial charge >= 0.3 is 5.97 Å². The van der Waals surface area contributed by atoms with E-state index < -0.39 is 5.97 Å². The molecular formula is C15H18N6O2S. The van der Waals surface area contributed by atoms with Gasteiger partial charge in [-0.2, -0.15) is 9.61 Å². The minimum absolute atomic E-state index is 0.271. The number of carbonyl (C=O) groups is 1. The second-order valence-electron chi connectivity index (χ2n) is 5.89. The summed E-state index contributed by atoms with van der Waals surface area (Å²) in [4.78, 5) is 17.5. The standard InChI is InChI=1S/C15H18N6O2S/c1-9-13(21-15(16-9)24-10(2)19-21)14(22)23-8-6-12-18-17-11-5-3-4-7-20(11)12/h3-8H2,1-2H3. The molecule has 1 aliphatic heterocycles. The van der Waals surface area contributed by atoms with E-state index in [0.717, 1.165) is 42.5 Å². The molecule has 0 saturated carbocycles. The van der Waals surface area contributed by atoms with Gasteiger partial charge in [0.2, 0.25) is 4.96 Å². The Morgan fingerprint density at radius 2 is 2.17 bits per heavy atom. The highest BCUT2D eigenvalue weighted by atomic mass is 32.1. The van der Waals surface area contributed by atoms with Crippen LogP contribution in [-0.4, -0.2) is 41.9 Å². The fourth-order valence-electron chi connectivity index (χ4n) is 3.04. The number of rotatable bonds is 4. The van der Waals surface area contributed by atoms with Gasteiger partial charge in [0.15, 0.2) is 5.69 Å². The average molecular weight is 346 g/mol. The summed E-state index contributed by atoms with van der Waals surface area (Å²) in [5, 5.41) is 13.6. The number of hydrogen-bond acceptors (Lipinski definition) is 7. The smallest absolute Gasteiger partial charge is 0.359 e. The lowest BCUT2D eigenvalue weighted by Crippen LogP contribution is -2.16. The van der Waals surface area contributed by atoms with Gasteiger partial charge in [-0.25, -0.2) is 9.78 Å². The number of hydrogen-bond donors (Lipinski definition) is 0. The predicted octanol–water partition coefficient (Wildman–Crippen LogP) is 1.73. The summed E-state index contributed by atoms with van der Waals surface area (Å²) in [6.45, 7) is 4.90. The molecule has 3 aromatic heterocycles. The number of ether oxygens (including phenoxy) is 1. The molecule has 0 amide bonds. The summed E-state index contributed by atoms with van der Waals surface area (Å²) in [6.07, 6.45) is 3.85. The number of carbonyl (C=O) groups excluding carboxylic acids is 1. The fraction of sp³-hybridized carbons (Fsp3) is 0.533. The van der Waals surface area contributed by atoms with Crippen LogP contribution in [0, 0.1) is 13.8 Å². The van der Waals surface area contributed by atoms with Crippen LogP contribution < -0.4 is 0 Å². The summed E-state index contributed by atoms with van der Waals surface area (Å²) in [5.41, 5.74) is 1.04. The lowest BCUT2D eigenvalue weighted by atomic mass is 10.1. The number of aryl methyl sites for hydroxylation is 3. The Morgan fingerprint density at radius 3 is 3.04 bits per heavy atom. The van der Waals surface area contributed by atoms with Crippen LogP contribution in [0.5, 0.6) is 0 Å². The van der Waals surface area contributed by atoms with Crippen LogP contribution in [0.25, 0.3) is 4.96 Å². The van der Waals surface area contributed by atoms with Crippen LogP contribution in [0.1, 0.15) is 45.7 Å². The van der Waals surface area contributed by atoms with Crippen molar-refractivity contribution < 1.29 is 9.53 Å². The number of nitrogens with zero attached hydrogens (tertiary/aromatic N) is 6. The lowest BCUT2D eigenvalue weighted by Gasteiger charge is -2.14. The topological polar surface area (TPSA) is 87.2 Å². The molecule has 0 bridgehead atoms. The SMILES string of the molecule is Cc1nn2c(C(=O)OCCc3nnc4n3CCCC4)c(C)nc2s1. The first-order valence-electron chi connectivity index (χ1n) is 8.04. The molecular weight excluding hydrogens is 328 g/mol. The van der Waals surface area contributed by atoms with Crippen molar-refractivity contribution in [3.05, 3.63) is 28.0 Å². The van der Waals surface area contributed by atoms with Crippen molar-refractivity contribution in [2.45, 2.75) is 46.1 Å². The van der Waals surface area contributed by atoms with E-state index in [1.54, 1.807) is 11.4 Å².